The second kappa shape index (κ2) is 10.2. The maximum absolute atomic E-state index is 13.3. The van der Waals surface area contributed by atoms with Crippen molar-refractivity contribution in [2.75, 3.05) is 26.5 Å². The Morgan fingerprint density at radius 3 is 2.21 bits per heavy atom. The fourth-order valence-electron chi connectivity index (χ4n) is 3.46. The quantitative estimate of drug-likeness (QED) is 0.546. The van der Waals surface area contributed by atoms with E-state index in [1.165, 1.54) is 26.2 Å². The molecule has 0 spiro atoms. The van der Waals surface area contributed by atoms with E-state index in [1.54, 1.807) is 55.3 Å². The molecule has 0 saturated carbocycles. The number of hydrogen-bond acceptors (Lipinski definition) is 4. The van der Waals surface area contributed by atoms with Crippen molar-refractivity contribution in [3.8, 4) is 0 Å². The molecule has 8 heteroatoms. The SMILES string of the molecule is Cc1ccc(S(=O)(=O)N(C)C)cc1C(=O)N(C)[C@H](C)c1cccc(NC(=O)c2ccccc2)c1. The monoisotopic (exact) mass is 479 g/mol. The summed E-state index contributed by atoms with van der Waals surface area (Å²) >= 11 is 0. The maximum Gasteiger partial charge on any atom is 0.255 e. The van der Waals surface area contributed by atoms with E-state index in [9.17, 15) is 18.0 Å². The first-order valence-electron chi connectivity index (χ1n) is 10.8. The van der Waals surface area contributed by atoms with Crippen molar-refractivity contribution in [2.45, 2.75) is 24.8 Å². The molecule has 0 aliphatic rings. The lowest BCUT2D eigenvalue weighted by atomic mass is 10.0. The number of aryl methyl sites for hydroxylation is 1. The maximum atomic E-state index is 13.3. The fraction of sp³-hybridized carbons (Fsp3) is 0.231. The summed E-state index contributed by atoms with van der Waals surface area (Å²) in [7, 11) is 0.916. The van der Waals surface area contributed by atoms with Crippen LogP contribution in [0, 0.1) is 6.92 Å². The van der Waals surface area contributed by atoms with E-state index >= 15 is 0 Å². The highest BCUT2D eigenvalue weighted by Gasteiger charge is 2.24. The summed E-state index contributed by atoms with van der Waals surface area (Å²) in [5.74, 6) is -0.510. The molecular formula is C26H29N3O4S. The van der Waals surface area contributed by atoms with Crippen LogP contribution in [-0.2, 0) is 10.0 Å². The second-order valence-corrected chi connectivity index (χ2v) is 10.5. The number of nitrogens with one attached hydrogen (secondary N) is 1. The zero-order valence-corrected chi connectivity index (χ0v) is 20.8. The van der Waals surface area contributed by atoms with Crippen LogP contribution in [-0.4, -0.2) is 50.6 Å². The summed E-state index contributed by atoms with van der Waals surface area (Å²) in [6.45, 7) is 3.66. The Morgan fingerprint density at radius 2 is 1.56 bits per heavy atom. The molecule has 1 N–H and O–H groups in total. The molecule has 178 valence electrons. The lowest BCUT2D eigenvalue weighted by molar-refractivity contribution is 0.0741. The van der Waals surface area contributed by atoms with Crippen LogP contribution in [0.5, 0.6) is 0 Å². The molecule has 0 aliphatic carbocycles. The number of hydrogen-bond donors (Lipinski definition) is 1. The molecule has 7 nitrogen and oxygen atoms in total. The first kappa shape index (κ1) is 25.1. The van der Waals surface area contributed by atoms with Crippen molar-refractivity contribution < 1.29 is 18.0 Å². The Kier molecular flexibility index (Phi) is 7.54. The standard InChI is InChI=1S/C26H29N3O4S/c1-18-14-15-23(34(32,33)28(3)4)17-24(18)26(31)29(5)19(2)21-12-9-13-22(16-21)27-25(30)20-10-7-6-8-11-20/h6-17,19H,1-5H3,(H,27,30)/t19-/m1/s1. The summed E-state index contributed by atoms with van der Waals surface area (Å²) in [6.07, 6.45) is 0. The van der Waals surface area contributed by atoms with Gasteiger partial charge < -0.3 is 10.2 Å². The van der Waals surface area contributed by atoms with Gasteiger partial charge in [-0.3, -0.25) is 9.59 Å². The molecule has 0 bridgehead atoms. The Bertz CT molecular complexity index is 1300. The largest absolute Gasteiger partial charge is 0.335 e. The number of sulfonamides is 1. The van der Waals surface area contributed by atoms with E-state index in [0.29, 0.717) is 22.4 Å². The topological polar surface area (TPSA) is 86.8 Å². The van der Waals surface area contributed by atoms with Gasteiger partial charge in [0.15, 0.2) is 0 Å². The van der Waals surface area contributed by atoms with E-state index in [-0.39, 0.29) is 22.8 Å². The van der Waals surface area contributed by atoms with Crippen molar-refractivity contribution in [1.82, 2.24) is 9.21 Å². The minimum atomic E-state index is -3.67. The average molecular weight is 480 g/mol. The second-order valence-electron chi connectivity index (χ2n) is 8.30. The minimum absolute atomic E-state index is 0.0677. The summed E-state index contributed by atoms with van der Waals surface area (Å²) in [5, 5.41) is 2.88. The van der Waals surface area contributed by atoms with Gasteiger partial charge >= 0.3 is 0 Å². The average Bonchev–Trinajstić information content (AvgIpc) is 2.83. The third kappa shape index (κ3) is 5.35. The van der Waals surface area contributed by atoms with Crippen LogP contribution < -0.4 is 5.32 Å². The summed E-state index contributed by atoms with van der Waals surface area (Å²) in [6, 6.07) is 20.5. The van der Waals surface area contributed by atoms with Crippen molar-refractivity contribution in [2.24, 2.45) is 0 Å². The van der Waals surface area contributed by atoms with Crippen LogP contribution in [0.3, 0.4) is 0 Å². The molecule has 1 atom stereocenters. The minimum Gasteiger partial charge on any atom is -0.335 e. The van der Waals surface area contributed by atoms with Crippen LogP contribution in [0.1, 0.15) is 44.8 Å². The molecule has 0 aliphatic heterocycles. The summed E-state index contributed by atoms with van der Waals surface area (Å²) in [5.41, 5.74) is 3.01. The highest BCUT2D eigenvalue weighted by molar-refractivity contribution is 7.89. The molecule has 0 saturated heterocycles. The predicted molar refractivity (Wildman–Crippen MR) is 133 cm³/mol. The van der Waals surface area contributed by atoms with Crippen LogP contribution in [0.4, 0.5) is 5.69 Å². The molecule has 3 aromatic rings. The third-order valence-corrected chi connectivity index (χ3v) is 7.59. The molecule has 3 rings (SSSR count). The van der Waals surface area contributed by atoms with Gasteiger partial charge in [-0.15, -0.1) is 0 Å². The highest BCUT2D eigenvalue weighted by atomic mass is 32.2. The molecule has 3 aromatic carbocycles. The molecular weight excluding hydrogens is 450 g/mol. The molecule has 2 amide bonds. The smallest absolute Gasteiger partial charge is 0.255 e. The molecule has 0 radical (unpaired) electrons. The summed E-state index contributed by atoms with van der Waals surface area (Å²) in [4.78, 5) is 27.4. The van der Waals surface area contributed by atoms with Crippen molar-refractivity contribution in [3.63, 3.8) is 0 Å². The van der Waals surface area contributed by atoms with E-state index < -0.39 is 10.0 Å². The van der Waals surface area contributed by atoms with Gasteiger partial charge in [0.25, 0.3) is 11.8 Å². The fourth-order valence-corrected chi connectivity index (χ4v) is 4.39. The van der Waals surface area contributed by atoms with Crippen molar-refractivity contribution in [3.05, 3.63) is 95.1 Å². The van der Waals surface area contributed by atoms with Crippen molar-refractivity contribution >= 4 is 27.5 Å². The van der Waals surface area contributed by atoms with Crippen LogP contribution in [0.15, 0.2) is 77.7 Å². The van der Waals surface area contributed by atoms with E-state index in [0.717, 1.165) is 9.87 Å². The number of anilines is 1. The van der Waals surface area contributed by atoms with Gasteiger partial charge in [0.1, 0.15) is 0 Å². The number of rotatable bonds is 7. The van der Waals surface area contributed by atoms with Gasteiger partial charge in [0.2, 0.25) is 10.0 Å². The lowest BCUT2D eigenvalue weighted by Gasteiger charge is -2.27. The van der Waals surface area contributed by atoms with Crippen LogP contribution in [0.25, 0.3) is 0 Å². The molecule has 0 heterocycles. The normalized spacial score (nSPS) is 12.3. The van der Waals surface area contributed by atoms with Crippen LogP contribution >= 0.6 is 0 Å². The Balaban J connectivity index is 1.83. The van der Waals surface area contributed by atoms with E-state index in [4.69, 9.17) is 0 Å². The predicted octanol–water partition coefficient (Wildman–Crippen LogP) is 4.33. The number of carbonyl (C=O) groups excluding carboxylic acids is 2. The Morgan fingerprint density at radius 1 is 0.882 bits per heavy atom. The Labute approximate surface area is 201 Å². The van der Waals surface area contributed by atoms with Crippen molar-refractivity contribution in [1.29, 1.82) is 0 Å². The number of amides is 2. The molecule has 34 heavy (non-hydrogen) atoms. The number of carbonyl (C=O) groups is 2. The van der Waals surface area contributed by atoms with Crippen LogP contribution in [0.2, 0.25) is 0 Å². The first-order valence-corrected chi connectivity index (χ1v) is 12.2. The van der Waals surface area contributed by atoms with E-state index in [2.05, 4.69) is 5.32 Å². The van der Waals surface area contributed by atoms with Gasteiger partial charge in [-0.2, -0.15) is 0 Å². The Hall–Kier alpha value is -3.49. The van der Waals surface area contributed by atoms with Gasteiger partial charge in [-0.25, -0.2) is 12.7 Å². The zero-order valence-electron chi connectivity index (χ0n) is 19.9. The highest BCUT2D eigenvalue weighted by Crippen LogP contribution is 2.26. The number of benzene rings is 3. The van der Waals surface area contributed by atoms with E-state index in [1.807, 2.05) is 31.2 Å². The molecule has 0 fully saturated rings. The lowest BCUT2D eigenvalue weighted by Crippen LogP contribution is -2.30. The number of nitrogens with zero attached hydrogens (tertiary/aromatic N) is 2. The van der Waals surface area contributed by atoms with Gasteiger partial charge in [0.05, 0.1) is 10.9 Å². The van der Waals surface area contributed by atoms with Gasteiger partial charge in [-0.1, -0.05) is 36.4 Å². The molecule has 0 aromatic heterocycles. The third-order valence-electron chi connectivity index (χ3n) is 5.78. The zero-order chi connectivity index (χ0) is 25.0. The van der Waals surface area contributed by atoms with Gasteiger partial charge in [0, 0.05) is 38.0 Å². The molecule has 0 unspecified atom stereocenters. The van der Waals surface area contributed by atoms with Gasteiger partial charge in [-0.05, 0) is 61.4 Å². The first-order chi connectivity index (χ1) is 16.0. The summed E-state index contributed by atoms with van der Waals surface area (Å²) < 4.78 is 26.2.